The smallest absolute Gasteiger partial charge is 0.244 e. The van der Waals surface area contributed by atoms with Crippen molar-refractivity contribution in [2.75, 3.05) is 13.6 Å². The van der Waals surface area contributed by atoms with Gasteiger partial charge in [0.15, 0.2) is 0 Å². The number of hydrogen-bond acceptors (Lipinski definition) is 3. The first-order valence-electron chi connectivity index (χ1n) is 7.87. The Labute approximate surface area is 122 Å². The summed E-state index contributed by atoms with van der Waals surface area (Å²) in [5.41, 5.74) is 0. The van der Waals surface area contributed by atoms with Crippen LogP contribution in [0, 0.1) is 0 Å². The molecule has 2 amide bonds. The van der Waals surface area contributed by atoms with Crippen molar-refractivity contribution in [1.82, 2.24) is 15.5 Å². The summed E-state index contributed by atoms with van der Waals surface area (Å²) >= 11 is 0. The van der Waals surface area contributed by atoms with Crippen molar-refractivity contribution in [2.24, 2.45) is 0 Å². The van der Waals surface area contributed by atoms with E-state index >= 15 is 0 Å². The first-order chi connectivity index (χ1) is 9.60. The summed E-state index contributed by atoms with van der Waals surface area (Å²) in [7, 11) is 1.81. The van der Waals surface area contributed by atoms with E-state index in [4.69, 9.17) is 0 Å². The molecule has 1 fully saturated rings. The number of likely N-dealkylation sites (tertiary alicyclic amines) is 1. The summed E-state index contributed by atoms with van der Waals surface area (Å²) in [6.45, 7) is 4.74. The van der Waals surface area contributed by atoms with Crippen molar-refractivity contribution in [1.29, 1.82) is 0 Å². The van der Waals surface area contributed by atoms with Gasteiger partial charge in [-0.25, -0.2) is 0 Å². The third-order valence-corrected chi connectivity index (χ3v) is 3.91. The summed E-state index contributed by atoms with van der Waals surface area (Å²) in [6, 6.07) is -0.284. The van der Waals surface area contributed by atoms with Crippen LogP contribution in [0.3, 0.4) is 0 Å². The third-order valence-electron chi connectivity index (χ3n) is 3.91. The molecule has 0 radical (unpaired) electrons. The molecule has 0 aromatic heterocycles. The van der Waals surface area contributed by atoms with E-state index in [1.807, 2.05) is 6.92 Å². The highest BCUT2D eigenvalue weighted by Crippen LogP contribution is 2.19. The lowest BCUT2D eigenvalue weighted by Crippen LogP contribution is -2.55. The average Bonchev–Trinajstić information content (AvgIpc) is 2.47. The van der Waals surface area contributed by atoms with Gasteiger partial charge in [-0.05, 0) is 39.7 Å². The molecular weight excluding hydrogens is 254 g/mol. The Morgan fingerprint density at radius 1 is 1.30 bits per heavy atom. The minimum Gasteiger partial charge on any atom is -0.339 e. The number of hydrogen-bond donors (Lipinski definition) is 2. The van der Waals surface area contributed by atoms with Gasteiger partial charge in [-0.1, -0.05) is 19.8 Å². The lowest BCUT2D eigenvalue weighted by Gasteiger charge is -2.35. The molecule has 20 heavy (non-hydrogen) atoms. The number of carbonyl (C=O) groups excluding carboxylic acids is 2. The number of piperidine rings is 1. The van der Waals surface area contributed by atoms with Crippen molar-refractivity contribution in [2.45, 2.75) is 71.0 Å². The van der Waals surface area contributed by atoms with E-state index in [0.29, 0.717) is 6.42 Å². The largest absolute Gasteiger partial charge is 0.339 e. The Bertz CT molecular complexity index is 320. The molecule has 0 aliphatic carbocycles. The Balaban J connectivity index is 2.56. The highest BCUT2D eigenvalue weighted by molar-refractivity contribution is 5.88. The molecule has 1 heterocycles. The predicted octanol–water partition coefficient (Wildman–Crippen LogP) is 1.63. The quantitative estimate of drug-likeness (QED) is 0.551. The van der Waals surface area contributed by atoms with Gasteiger partial charge in [0.1, 0.15) is 6.04 Å². The summed E-state index contributed by atoms with van der Waals surface area (Å²) in [6.07, 6.45) is 6.41. The van der Waals surface area contributed by atoms with E-state index in [1.165, 1.54) is 0 Å². The number of carbonyl (C=O) groups is 2. The van der Waals surface area contributed by atoms with Gasteiger partial charge < -0.3 is 15.5 Å². The molecule has 0 aromatic rings. The maximum Gasteiger partial charge on any atom is 0.244 e. The Morgan fingerprint density at radius 2 is 2.05 bits per heavy atom. The van der Waals surface area contributed by atoms with Gasteiger partial charge in [-0.3, -0.25) is 9.59 Å². The SMILES string of the molecule is CCCCCC(=O)N1CCCCC1C(=O)N[C@@H](C)NC. The monoisotopic (exact) mass is 283 g/mol. The zero-order valence-electron chi connectivity index (χ0n) is 13.1. The van der Waals surface area contributed by atoms with Crippen LogP contribution in [0.25, 0.3) is 0 Å². The summed E-state index contributed by atoms with van der Waals surface area (Å²) in [4.78, 5) is 26.3. The number of amides is 2. The fraction of sp³-hybridized carbons (Fsp3) is 0.867. The predicted molar refractivity (Wildman–Crippen MR) is 80.2 cm³/mol. The van der Waals surface area contributed by atoms with Crippen molar-refractivity contribution in [3.63, 3.8) is 0 Å². The number of rotatable bonds is 7. The molecule has 1 unspecified atom stereocenters. The Morgan fingerprint density at radius 3 is 2.70 bits per heavy atom. The molecule has 1 saturated heterocycles. The van der Waals surface area contributed by atoms with Crippen LogP contribution in [-0.2, 0) is 9.59 Å². The van der Waals surface area contributed by atoms with Crippen molar-refractivity contribution < 1.29 is 9.59 Å². The van der Waals surface area contributed by atoms with E-state index in [1.54, 1.807) is 11.9 Å². The van der Waals surface area contributed by atoms with Crippen LogP contribution in [-0.4, -0.2) is 42.5 Å². The Hall–Kier alpha value is -1.10. The van der Waals surface area contributed by atoms with Gasteiger partial charge in [0.2, 0.25) is 11.8 Å². The molecule has 0 saturated carbocycles. The highest BCUT2D eigenvalue weighted by Gasteiger charge is 2.31. The maximum atomic E-state index is 12.3. The van der Waals surface area contributed by atoms with E-state index in [0.717, 1.165) is 45.1 Å². The molecule has 5 nitrogen and oxygen atoms in total. The van der Waals surface area contributed by atoms with Crippen LogP contribution in [0.4, 0.5) is 0 Å². The first-order valence-corrected chi connectivity index (χ1v) is 7.87. The number of nitrogens with zero attached hydrogens (tertiary/aromatic N) is 1. The van der Waals surface area contributed by atoms with Crippen LogP contribution in [0.2, 0.25) is 0 Å². The molecule has 0 bridgehead atoms. The molecule has 0 spiro atoms. The minimum absolute atomic E-state index is 0.0320. The molecule has 1 aliphatic rings. The van der Waals surface area contributed by atoms with Crippen molar-refractivity contribution >= 4 is 11.8 Å². The second kappa shape index (κ2) is 8.95. The number of unbranched alkanes of at least 4 members (excludes halogenated alkanes) is 2. The summed E-state index contributed by atoms with van der Waals surface area (Å²) in [5, 5.41) is 5.89. The fourth-order valence-electron chi connectivity index (χ4n) is 2.55. The molecular formula is C15H29N3O2. The molecule has 2 N–H and O–H groups in total. The van der Waals surface area contributed by atoms with Crippen LogP contribution >= 0.6 is 0 Å². The van der Waals surface area contributed by atoms with Gasteiger partial charge >= 0.3 is 0 Å². The summed E-state index contributed by atoms with van der Waals surface area (Å²) in [5.74, 6) is 0.103. The van der Waals surface area contributed by atoms with Gasteiger partial charge in [0.05, 0.1) is 6.17 Å². The van der Waals surface area contributed by atoms with Crippen LogP contribution in [0.15, 0.2) is 0 Å². The second-order valence-electron chi connectivity index (χ2n) is 5.57. The van der Waals surface area contributed by atoms with Crippen LogP contribution in [0.5, 0.6) is 0 Å². The van der Waals surface area contributed by atoms with E-state index in [2.05, 4.69) is 17.6 Å². The fourth-order valence-corrected chi connectivity index (χ4v) is 2.55. The van der Waals surface area contributed by atoms with E-state index in [9.17, 15) is 9.59 Å². The molecule has 0 aromatic carbocycles. The first kappa shape index (κ1) is 17.0. The maximum absolute atomic E-state index is 12.3. The zero-order valence-corrected chi connectivity index (χ0v) is 13.1. The van der Waals surface area contributed by atoms with Gasteiger partial charge in [-0.2, -0.15) is 0 Å². The van der Waals surface area contributed by atoms with Gasteiger partial charge in [0.25, 0.3) is 0 Å². The van der Waals surface area contributed by atoms with Crippen LogP contribution < -0.4 is 10.6 Å². The molecule has 1 rings (SSSR count). The highest BCUT2D eigenvalue weighted by atomic mass is 16.2. The molecule has 2 atom stereocenters. The standard InChI is InChI=1S/C15H29N3O2/c1-4-5-6-10-14(19)18-11-8-7-9-13(18)15(20)17-12(2)16-3/h12-13,16H,4-11H2,1-3H3,(H,17,20)/t12-,13?/m0/s1. The second-order valence-corrected chi connectivity index (χ2v) is 5.57. The normalized spacial score (nSPS) is 20.6. The topological polar surface area (TPSA) is 61.4 Å². The Kier molecular flexibility index (Phi) is 7.59. The lowest BCUT2D eigenvalue weighted by molar-refractivity contribution is -0.142. The molecule has 5 heteroatoms. The van der Waals surface area contributed by atoms with Gasteiger partial charge in [-0.15, -0.1) is 0 Å². The van der Waals surface area contributed by atoms with E-state index in [-0.39, 0.29) is 24.0 Å². The third kappa shape index (κ3) is 5.12. The van der Waals surface area contributed by atoms with Crippen molar-refractivity contribution in [3.8, 4) is 0 Å². The molecule has 116 valence electrons. The lowest BCUT2D eigenvalue weighted by atomic mass is 10.00. The van der Waals surface area contributed by atoms with Crippen molar-refractivity contribution in [3.05, 3.63) is 0 Å². The average molecular weight is 283 g/mol. The van der Waals surface area contributed by atoms with E-state index < -0.39 is 0 Å². The number of nitrogens with one attached hydrogen (secondary N) is 2. The van der Waals surface area contributed by atoms with Gasteiger partial charge in [0, 0.05) is 13.0 Å². The molecule has 1 aliphatic heterocycles. The zero-order chi connectivity index (χ0) is 15.0. The minimum atomic E-state index is -0.284. The summed E-state index contributed by atoms with van der Waals surface area (Å²) < 4.78 is 0. The van der Waals surface area contributed by atoms with Crippen LogP contribution in [0.1, 0.15) is 58.8 Å².